The first-order valence-corrected chi connectivity index (χ1v) is 12.0. The van der Waals surface area contributed by atoms with Crippen molar-refractivity contribution in [2.24, 2.45) is 5.10 Å². The van der Waals surface area contributed by atoms with E-state index in [1.54, 1.807) is 19.1 Å². The lowest BCUT2D eigenvalue weighted by Gasteiger charge is -2.24. The van der Waals surface area contributed by atoms with Crippen LogP contribution in [0, 0.1) is 0 Å². The fraction of sp³-hybridized carbons (Fsp3) is 0.348. The van der Waals surface area contributed by atoms with Gasteiger partial charge < -0.3 is 10.1 Å². The maximum absolute atomic E-state index is 13.2. The summed E-state index contributed by atoms with van der Waals surface area (Å²) in [4.78, 5) is 25.6. The van der Waals surface area contributed by atoms with Crippen LogP contribution in [0.3, 0.4) is 0 Å². The number of nitrogens with zero attached hydrogens (tertiary/aromatic N) is 3. The number of benzene rings is 2. The van der Waals surface area contributed by atoms with Crippen molar-refractivity contribution < 1.29 is 22.7 Å². The predicted octanol–water partition coefficient (Wildman–Crippen LogP) is 2.31. The highest BCUT2D eigenvalue weighted by Crippen LogP contribution is 2.26. The molecule has 176 valence electrons. The van der Waals surface area contributed by atoms with E-state index in [4.69, 9.17) is 4.74 Å². The number of hydrogen-bond donors (Lipinski definition) is 1. The van der Waals surface area contributed by atoms with Gasteiger partial charge >= 0.3 is 5.97 Å². The van der Waals surface area contributed by atoms with Crippen LogP contribution in [0.4, 0.5) is 5.69 Å². The number of hydrazone groups is 1. The van der Waals surface area contributed by atoms with Crippen LogP contribution in [-0.4, -0.2) is 57.1 Å². The Morgan fingerprint density at radius 3 is 2.36 bits per heavy atom. The summed E-state index contributed by atoms with van der Waals surface area (Å²) in [5, 5.41) is 8.83. The van der Waals surface area contributed by atoms with E-state index in [9.17, 15) is 18.0 Å². The van der Waals surface area contributed by atoms with Gasteiger partial charge in [-0.05, 0) is 43.7 Å². The van der Waals surface area contributed by atoms with Gasteiger partial charge in [-0.2, -0.15) is 5.10 Å². The quantitative estimate of drug-likeness (QED) is 0.591. The number of carbonyl (C=O) groups excluding carboxylic acids is 2. The molecule has 10 heteroatoms. The van der Waals surface area contributed by atoms with E-state index in [1.807, 2.05) is 37.3 Å². The van der Waals surface area contributed by atoms with Gasteiger partial charge in [0.25, 0.3) is 0 Å². The Balaban J connectivity index is 1.77. The molecule has 1 amide bonds. The number of anilines is 1. The first kappa shape index (κ1) is 24.4. The summed E-state index contributed by atoms with van der Waals surface area (Å²) in [5.41, 5.74) is 1.62. The maximum atomic E-state index is 13.2. The monoisotopic (exact) mass is 472 g/mol. The standard InChI is InChI=1S/C23H28N4O5S/c1-5-32-23(29)20-15-21(27(25-20)18-9-7-6-8-10-18)22(28)24-16(2)17-11-13-19(14-12-17)33(30,31)26(3)4/h6-14,16,21H,5,15H2,1-4H3,(H,24,28). The molecule has 0 saturated carbocycles. The average molecular weight is 473 g/mol. The Morgan fingerprint density at radius 1 is 1.15 bits per heavy atom. The maximum Gasteiger partial charge on any atom is 0.354 e. The molecular weight excluding hydrogens is 444 g/mol. The van der Waals surface area contributed by atoms with Crippen molar-refractivity contribution >= 4 is 33.3 Å². The second kappa shape index (κ2) is 10.1. The molecule has 2 aromatic rings. The molecule has 0 aliphatic carbocycles. The van der Waals surface area contributed by atoms with E-state index < -0.39 is 28.1 Å². The van der Waals surface area contributed by atoms with Crippen LogP contribution in [0.15, 0.2) is 64.6 Å². The number of para-hydroxylation sites is 1. The Kier molecular flexibility index (Phi) is 7.50. The van der Waals surface area contributed by atoms with Crippen LogP contribution < -0.4 is 10.3 Å². The fourth-order valence-electron chi connectivity index (χ4n) is 3.40. The van der Waals surface area contributed by atoms with E-state index in [2.05, 4.69) is 10.4 Å². The van der Waals surface area contributed by atoms with Crippen molar-refractivity contribution in [3.05, 3.63) is 60.2 Å². The summed E-state index contributed by atoms with van der Waals surface area (Å²) in [7, 11) is -0.590. The molecule has 9 nitrogen and oxygen atoms in total. The second-order valence-electron chi connectivity index (χ2n) is 7.75. The van der Waals surface area contributed by atoms with Gasteiger partial charge in [-0.3, -0.25) is 9.80 Å². The van der Waals surface area contributed by atoms with Crippen molar-refractivity contribution in [1.82, 2.24) is 9.62 Å². The number of sulfonamides is 1. The minimum absolute atomic E-state index is 0.117. The number of nitrogens with one attached hydrogen (secondary N) is 1. The third-order valence-corrected chi connectivity index (χ3v) is 7.09. The van der Waals surface area contributed by atoms with E-state index in [0.29, 0.717) is 5.69 Å². The highest BCUT2D eigenvalue weighted by molar-refractivity contribution is 7.89. The number of rotatable bonds is 8. The molecule has 1 N–H and O–H groups in total. The SMILES string of the molecule is CCOC(=O)C1=NN(c2ccccc2)C(C(=O)NC(C)c2ccc(S(=O)(=O)N(C)C)cc2)C1. The molecule has 1 aliphatic rings. The van der Waals surface area contributed by atoms with E-state index in [-0.39, 0.29) is 29.5 Å². The van der Waals surface area contributed by atoms with Gasteiger partial charge in [0.15, 0.2) is 0 Å². The van der Waals surface area contributed by atoms with Crippen LogP contribution in [0.5, 0.6) is 0 Å². The molecule has 0 radical (unpaired) electrons. The molecule has 33 heavy (non-hydrogen) atoms. The topological polar surface area (TPSA) is 108 Å². The molecule has 2 aromatic carbocycles. The molecule has 0 fully saturated rings. The molecule has 3 rings (SSSR count). The lowest BCUT2D eigenvalue weighted by molar-refractivity contribution is -0.135. The highest BCUT2D eigenvalue weighted by atomic mass is 32.2. The molecule has 0 saturated heterocycles. The van der Waals surface area contributed by atoms with Crippen molar-refractivity contribution in [2.75, 3.05) is 25.7 Å². The zero-order valence-electron chi connectivity index (χ0n) is 19.1. The number of ether oxygens (including phenoxy) is 1. The van der Waals surface area contributed by atoms with Crippen LogP contribution in [-0.2, 0) is 24.3 Å². The zero-order chi connectivity index (χ0) is 24.2. The third-order valence-electron chi connectivity index (χ3n) is 5.26. The summed E-state index contributed by atoms with van der Waals surface area (Å²) in [6.45, 7) is 3.74. The minimum Gasteiger partial charge on any atom is -0.461 e. The van der Waals surface area contributed by atoms with Gasteiger partial charge in [-0.25, -0.2) is 17.5 Å². The molecule has 1 heterocycles. The number of hydrogen-bond acceptors (Lipinski definition) is 7. The zero-order valence-corrected chi connectivity index (χ0v) is 19.9. The van der Waals surface area contributed by atoms with E-state index in [0.717, 1.165) is 9.87 Å². The van der Waals surface area contributed by atoms with Gasteiger partial charge in [0.2, 0.25) is 15.9 Å². The second-order valence-corrected chi connectivity index (χ2v) is 9.91. The molecule has 2 unspecified atom stereocenters. The van der Waals surface area contributed by atoms with Gasteiger partial charge in [-0.15, -0.1) is 0 Å². The average Bonchev–Trinajstić information content (AvgIpc) is 3.26. The normalized spacial score (nSPS) is 16.9. The van der Waals surface area contributed by atoms with Gasteiger partial charge in [0.05, 0.1) is 23.2 Å². The van der Waals surface area contributed by atoms with E-state index in [1.165, 1.54) is 31.2 Å². The van der Waals surface area contributed by atoms with Gasteiger partial charge in [0.1, 0.15) is 11.8 Å². The van der Waals surface area contributed by atoms with Crippen molar-refractivity contribution in [2.45, 2.75) is 37.2 Å². The van der Waals surface area contributed by atoms with Crippen molar-refractivity contribution in [1.29, 1.82) is 0 Å². The van der Waals surface area contributed by atoms with Crippen LogP contribution in [0.1, 0.15) is 31.9 Å². The largest absolute Gasteiger partial charge is 0.461 e. The van der Waals surface area contributed by atoms with Gasteiger partial charge in [-0.1, -0.05) is 30.3 Å². The van der Waals surface area contributed by atoms with Crippen LogP contribution >= 0.6 is 0 Å². The number of amides is 1. The molecule has 0 bridgehead atoms. The molecule has 0 spiro atoms. The van der Waals surface area contributed by atoms with E-state index >= 15 is 0 Å². The first-order valence-electron chi connectivity index (χ1n) is 10.6. The lowest BCUT2D eigenvalue weighted by atomic mass is 10.1. The first-order chi connectivity index (χ1) is 15.6. The predicted molar refractivity (Wildman–Crippen MR) is 125 cm³/mol. The smallest absolute Gasteiger partial charge is 0.354 e. The van der Waals surface area contributed by atoms with Crippen LogP contribution in [0.25, 0.3) is 0 Å². The third kappa shape index (κ3) is 5.40. The Bertz CT molecular complexity index is 1130. The lowest BCUT2D eigenvalue weighted by Crippen LogP contribution is -2.43. The molecular formula is C23H28N4O5S. The summed E-state index contributed by atoms with van der Waals surface area (Å²) in [6, 6.07) is 14.4. The van der Waals surface area contributed by atoms with Crippen LogP contribution in [0.2, 0.25) is 0 Å². The van der Waals surface area contributed by atoms with Crippen molar-refractivity contribution in [3.8, 4) is 0 Å². The molecule has 1 aliphatic heterocycles. The Labute approximate surface area is 194 Å². The summed E-state index contributed by atoms with van der Waals surface area (Å²) in [5.74, 6) is -0.848. The summed E-state index contributed by atoms with van der Waals surface area (Å²) in [6.07, 6.45) is 0.117. The number of esters is 1. The highest BCUT2D eigenvalue weighted by Gasteiger charge is 2.37. The Morgan fingerprint density at radius 2 is 1.79 bits per heavy atom. The Hall–Kier alpha value is -3.24. The summed E-state index contributed by atoms with van der Waals surface area (Å²) < 4.78 is 30.7. The van der Waals surface area contributed by atoms with Crippen molar-refractivity contribution in [3.63, 3.8) is 0 Å². The number of carbonyl (C=O) groups is 2. The van der Waals surface area contributed by atoms with Gasteiger partial charge in [0, 0.05) is 20.5 Å². The minimum atomic E-state index is -3.53. The molecule has 0 aromatic heterocycles. The molecule has 2 atom stereocenters. The summed E-state index contributed by atoms with van der Waals surface area (Å²) >= 11 is 0. The fourth-order valence-corrected chi connectivity index (χ4v) is 4.30.